The first-order chi connectivity index (χ1) is 17.5. The van der Waals surface area contributed by atoms with Gasteiger partial charge in [-0.05, 0) is 87.4 Å². The van der Waals surface area contributed by atoms with Crippen LogP contribution in [0.3, 0.4) is 0 Å². The van der Waals surface area contributed by atoms with Crippen molar-refractivity contribution in [3.05, 3.63) is 77.4 Å². The van der Waals surface area contributed by atoms with Gasteiger partial charge in [-0.1, -0.05) is 62.4 Å². The van der Waals surface area contributed by atoms with E-state index in [9.17, 15) is 9.59 Å². The van der Waals surface area contributed by atoms with Gasteiger partial charge in [0, 0.05) is 23.7 Å². The van der Waals surface area contributed by atoms with Gasteiger partial charge < -0.3 is 15.4 Å². The predicted octanol–water partition coefficient (Wildman–Crippen LogP) is 7.59. The second kappa shape index (κ2) is 12.3. The third kappa shape index (κ3) is 8.08. The van der Waals surface area contributed by atoms with Gasteiger partial charge in [0.05, 0.1) is 6.04 Å². The van der Waals surface area contributed by atoms with E-state index in [4.69, 9.17) is 4.74 Å². The summed E-state index contributed by atoms with van der Waals surface area (Å²) in [5.41, 5.74) is 3.13. The Balaban J connectivity index is 1.67. The minimum Gasteiger partial charge on any atom is -0.460 e. The molecule has 0 aliphatic carbocycles. The summed E-state index contributed by atoms with van der Waals surface area (Å²) in [7, 11) is 0. The number of rotatable bonds is 10. The van der Waals surface area contributed by atoms with Crippen LogP contribution in [0.15, 0.2) is 60.7 Å². The molecule has 0 aromatic heterocycles. The van der Waals surface area contributed by atoms with Gasteiger partial charge in [0.25, 0.3) is 5.91 Å². The highest BCUT2D eigenvalue weighted by atomic mass is 16.6. The highest BCUT2D eigenvalue weighted by Gasteiger charge is 2.21. The molecule has 3 aromatic carbocycles. The molecular weight excluding hydrogens is 460 g/mol. The average Bonchev–Trinajstić information content (AvgIpc) is 2.82. The monoisotopic (exact) mass is 502 g/mol. The lowest BCUT2D eigenvalue weighted by molar-refractivity contribution is -0.155. The fraction of sp³-hybridized carbons (Fsp3) is 0.438. The van der Waals surface area contributed by atoms with Crippen molar-refractivity contribution in [2.45, 2.75) is 85.4 Å². The molecule has 0 aliphatic rings. The number of carbonyl (C=O) groups excluding carboxylic acids is 2. The summed E-state index contributed by atoms with van der Waals surface area (Å²) in [5.74, 6) is -0.0700. The fourth-order valence-electron chi connectivity index (χ4n) is 4.74. The second-order valence-electron chi connectivity index (χ2n) is 11.2. The van der Waals surface area contributed by atoms with E-state index in [1.54, 1.807) is 0 Å². The molecule has 0 spiro atoms. The van der Waals surface area contributed by atoms with Gasteiger partial charge in [0.1, 0.15) is 5.60 Å². The number of amides is 1. The minimum absolute atomic E-state index is 0.0899. The number of carbonyl (C=O) groups is 2. The third-order valence-corrected chi connectivity index (χ3v) is 6.61. The molecule has 5 heteroatoms. The van der Waals surface area contributed by atoms with Gasteiger partial charge in [-0.2, -0.15) is 0 Å². The maximum Gasteiger partial charge on any atom is 0.306 e. The maximum atomic E-state index is 13.3. The van der Waals surface area contributed by atoms with Crippen molar-refractivity contribution in [3.63, 3.8) is 0 Å². The van der Waals surface area contributed by atoms with Crippen molar-refractivity contribution in [1.82, 2.24) is 5.32 Å². The highest BCUT2D eigenvalue weighted by molar-refractivity contribution is 5.97. The quantitative estimate of drug-likeness (QED) is 0.280. The minimum atomic E-state index is -0.469. The molecule has 0 saturated heterocycles. The van der Waals surface area contributed by atoms with Crippen LogP contribution in [-0.4, -0.2) is 23.5 Å². The van der Waals surface area contributed by atoms with Crippen LogP contribution >= 0.6 is 0 Å². The van der Waals surface area contributed by atoms with E-state index >= 15 is 0 Å². The van der Waals surface area contributed by atoms with Crippen LogP contribution in [0.2, 0.25) is 0 Å². The summed E-state index contributed by atoms with van der Waals surface area (Å²) < 4.78 is 5.48. The lowest BCUT2D eigenvalue weighted by Gasteiger charge is -2.24. The van der Waals surface area contributed by atoms with Crippen LogP contribution in [0.4, 0.5) is 5.69 Å². The van der Waals surface area contributed by atoms with Crippen LogP contribution in [-0.2, 0) is 9.53 Å². The number of benzene rings is 3. The van der Waals surface area contributed by atoms with Gasteiger partial charge >= 0.3 is 5.97 Å². The van der Waals surface area contributed by atoms with E-state index in [0.29, 0.717) is 12.0 Å². The molecule has 0 saturated carbocycles. The molecule has 0 bridgehead atoms. The summed E-state index contributed by atoms with van der Waals surface area (Å²) in [4.78, 5) is 25.5. The number of nitrogens with one attached hydrogen (secondary N) is 2. The summed E-state index contributed by atoms with van der Waals surface area (Å²) in [6, 6.07) is 20.4. The molecule has 0 heterocycles. The summed E-state index contributed by atoms with van der Waals surface area (Å²) in [5, 5.41) is 9.09. The van der Waals surface area contributed by atoms with E-state index in [1.807, 2.05) is 71.0 Å². The number of ether oxygens (including phenoxy) is 1. The first-order valence-electron chi connectivity index (χ1n) is 13.3. The second-order valence-corrected chi connectivity index (χ2v) is 11.2. The lowest BCUT2D eigenvalue weighted by atomic mass is 9.96. The smallest absolute Gasteiger partial charge is 0.306 e. The number of anilines is 1. The summed E-state index contributed by atoms with van der Waals surface area (Å²) in [6.07, 6.45) is 2.14. The molecular formula is C32H42N2O3. The largest absolute Gasteiger partial charge is 0.460 e. The Bertz CT molecular complexity index is 1220. The number of fused-ring (bicyclic) bond motifs is 1. The van der Waals surface area contributed by atoms with E-state index in [0.717, 1.165) is 40.4 Å². The van der Waals surface area contributed by atoms with E-state index in [-0.39, 0.29) is 29.9 Å². The van der Waals surface area contributed by atoms with Crippen LogP contribution in [0, 0.1) is 12.8 Å². The molecule has 0 aliphatic heterocycles. The average molecular weight is 503 g/mol. The predicted molar refractivity (Wildman–Crippen MR) is 153 cm³/mol. The zero-order valence-corrected chi connectivity index (χ0v) is 23.4. The topological polar surface area (TPSA) is 67.4 Å². The van der Waals surface area contributed by atoms with Crippen LogP contribution in [0.5, 0.6) is 0 Å². The summed E-state index contributed by atoms with van der Waals surface area (Å²) in [6.45, 7) is 13.9. The Hall–Kier alpha value is -3.34. The molecule has 1 amide bonds. The highest BCUT2D eigenvalue weighted by Crippen LogP contribution is 2.26. The normalized spacial score (nSPS) is 14.0. The standard InChI is InChI=1S/C32H42N2O3/c1-8-25(18-21(2)19-30(35)37-32(5,6)7)34-26-17-16-22(3)29(20-26)31(36)33-23(4)27-15-11-13-24-12-9-10-14-28(24)27/h9-17,20-21,23,25,34H,8,18-19H2,1-7H3,(H,33,36). The van der Waals surface area contributed by atoms with Crippen molar-refractivity contribution in [1.29, 1.82) is 0 Å². The molecule has 3 unspecified atom stereocenters. The maximum absolute atomic E-state index is 13.3. The van der Waals surface area contributed by atoms with Crippen molar-refractivity contribution >= 4 is 28.3 Å². The van der Waals surface area contributed by atoms with E-state index in [1.165, 1.54) is 0 Å². The number of aryl methyl sites for hydroxylation is 1. The molecule has 3 aromatic rings. The fourth-order valence-corrected chi connectivity index (χ4v) is 4.74. The Morgan fingerprint density at radius 3 is 2.38 bits per heavy atom. The van der Waals surface area contributed by atoms with Crippen molar-refractivity contribution in [3.8, 4) is 0 Å². The molecule has 3 rings (SSSR count). The zero-order valence-electron chi connectivity index (χ0n) is 23.4. The van der Waals surface area contributed by atoms with E-state index < -0.39 is 5.60 Å². The molecule has 3 atom stereocenters. The Morgan fingerprint density at radius 2 is 1.68 bits per heavy atom. The van der Waals surface area contributed by atoms with E-state index in [2.05, 4.69) is 48.7 Å². The number of hydrogen-bond acceptors (Lipinski definition) is 4. The molecule has 198 valence electrons. The van der Waals surface area contributed by atoms with Gasteiger partial charge in [-0.15, -0.1) is 0 Å². The van der Waals surface area contributed by atoms with Crippen molar-refractivity contribution in [2.24, 2.45) is 5.92 Å². The lowest BCUT2D eigenvalue weighted by Crippen LogP contribution is -2.28. The molecule has 37 heavy (non-hydrogen) atoms. The van der Waals surface area contributed by atoms with Crippen molar-refractivity contribution < 1.29 is 14.3 Å². The SMILES string of the molecule is CCC(CC(C)CC(=O)OC(C)(C)C)Nc1ccc(C)c(C(=O)NC(C)c2cccc3ccccc23)c1. The number of esters is 1. The molecule has 5 nitrogen and oxygen atoms in total. The molecule has 0 fully saturated rings. The van der Waals surface area contributed by atoms with Gasteiger partial charge in [-0.3, -0.25) is 9.59 Å². The Labute approximate surface area is 222 Å². The number of hydrogen-bond donors (Lipinski definition) is 2. The first kappa shape index (κ1) is 28.2. The Morgan fingerprint density at radius 1 is 0.973 bits per heavy atom. The van der Waals surface area contributed by atoms with Gasteiger partial charge in [0.2, 0.25) is 0 Å². The van der Waals surface area contributed by atoms with Crippen LogP contribution < -0.4 is 10.6 Å². The van der Waals surface area contributed by atoms with Gasteiger partial charge in [-0.25, -0.2) is 0 Å². The molecule has 2 N–H and O–H groups in total. The molecule has 0 radical (unpaired) electrons. The summed E-state index contributed by atoms with van der Waals surface area (Å²) >= 11 is 0. The van der Waals surface area contributed by atoms with Crippen molar-refractivity contribution in [2.75, 3.05) is 5.32 Å². The third-order valence-electron chi connectivity index (χ3n) is 6.61. The Kier molecular flexibility index (Phi) is 9.36. The van der Waals surface area contributed by atoms with Gasteiger partial charge in [0.15, 0.2) is 0 Å². The van der Waals surface area contributed by atoms with Crippen LogP contribution in [0.25, 0.3) is 10.8 Å². The zero-order chi connectivity index (χ0) is 27.2. The van der Waals surface area contributed by atoms with Crippen LogP contribution in [0.1, 0.15) is 88.3 Å². The first-order valence-corrected chi connectivity index (χ1v) is 13.3.